The first-order chi connectivity index (χ1) is 7.61. The van der Waals surface area contributed by atoms with E-state index in [0.717, 1.165) is 19.3 Å². The van der Waals surface area contributed by atoms with Gasteiger partial charge in [0, 0.05) is 12.2 Å². The Bertz CT molecular complexity index is 397. The Labute approximate surface area is 92.7 Å². The number of aliphatic carboxylic acids is 1. The van der Waals surface area contributed by atoms with Gasteiger partial charge in [0.2, 0.25) is 5.91 Å². The molecule has 1 saturated heterocycles. The number of fused-ring (bicyclic) bond motifs is 1. The Morgan fingerprint density at radius 3 is 2.62 bits per heavy atom. The van der Waals surface area contributed by atoms with Crippen molar-refractivity contribution < 1.29 is 19.5 Å². The lowest BCUT2D eigenvalue weighted by molar-refractivity contribution is -0.299. The van der Waals surface area contributed by atoms with Crippen molar-refractivity contribution in [1.29, 1.82) is 0 Å². The summed E-state index contributed by atoms with van der Waals surface area (Å²) in [7, 11) is 0. The fourth-order valence-corrected chi connectivity index (χ4v) is 2.26. The van der Waals surface area contributed by atoms with Gasteiger partial charge in [-0.3, -0.25) is 9.59 Å². The maximum atomic E-state index is 11.6. The average molecular weight is 222 g/mol. The summed E-state index contributed by atoms with van der Waals surface area (Å²) >= 11 is 0. The SMILES string of the molecule is O=C([O-])C1=C2CCCCCN2C(=O)CC1=O. The maximum absolute atomic E-state index is 11.6. The summed E-state index contributed by atoms with van der Waals surface area (Å²) in [5.74, 6) is -2.36. The largest absolute Gasteiger partial charge is 0.545 e. The molecule has 0 aromatic heterocycles. The molecular formula is C11H12NO4-. The van der Waals surface area contributed by atoms with E-state index in [1.807, 2.05) is 0 Å². The van der Waals surface area contributed by atoms with Gasteiger partial charge in [0.1, 0.15) is 0 Å². The second-order valence-corrected chi connectivity index (χ2v) is 4.07. The van der Waals surface area contributed by atoms with Gasteiger partial charge in [-0.15, -0.1) is 0 Å². The molecule has 0 radical (unpaired) electrons. The van der Waals surface area contributed by atoms with E-state index in [9.17, 15) is 19.5 Å². The Hall–Kier alpha value is -1.65. The number of ketones is 1. The third kappa shape index (κ3) is 1.73. The Balaban J connectivity index is 2.48. The van der Waals surface area contributed by atoms with Crippen LogP contribution < -0.4 is 5.11 Å². The number of hydrogen-bond acceptors (Lipinski definition) is 4. The van der Waals surface area contributed by atoms with E-state index in [0.29, 0.717) is 18.7 Å². The van der Waals surface area contributed by atoms with Crippen LogP contribution in [0.25, 0.3) is 0 Å². The molecule has 0 N–H and O–H groups in total. The highest BCUT2D eigenvalue weighted by Crippen LogP contribution is 2.28. The Kier molecular flexibility index (Phi) is 2.77. The van der Waals surface area contributed by atoms with Crippen LogP contribution in [0.3, 0.4) is 0 Å². The predicted octanol–water partition coefficient (Wildman–Crippen LogP) is -0.634. The Morgan fingerprint density at radius 2 is 1.94 bits per heavy atom. The molecule has 1 fully saturated rings. The van der Waals surface area contributed by atoms with Gasteiger partial charge in [0.25, 0.3) is 0 Å². The highest BCUT2D eigenvalue weighted by Gasteiger charge is 2.33. The van der Waals surface area contributed by atoms with E-state index >= 15 is 0 Å². The van der Waals surface area contributed by atoms with Crippen molar-refractivity contribution in [3.05, 3.63) is 11.3 Å². The van der Waals surface area contributed by atoms with Crippen molar-refractivity contribution >= 4 is 17.7 Å². The third-order valence-corrected chi connectivity index (χ3v) is 3.01. The fourth-order valence-electron chi connectivity index (χ4n) is 2.26. The summed E-state index contributed by atoms with van der Waals surface area (Å²) in [6.07, 6.45) is 2.74. The van der Waals surface area contributed by atoms with Crippen molar-refractivity contribution in [2.24, 2.45) is 0 Å². The molecule has 2 heterocycles. The summed E-state index contributed by atoms with van der Waals surface area (Å²) in [6.45, 7) is 0.512. The topological polar surface area (TPSA) is 77.5 Å². The number of carbonyl (C=O) groups excluding carboxylic acids is 3. The molecular weight excluding hydrogens is 210 g/mol. The third-order valence-electron chi connectivity index (χ3n) is 3.01. The van der Waals surface area contributed by atoms with E-state index in [2.05, 4.69) is 0 Å². The number of hydrogen-bond donors (Lipinski definition) is 0. The molecule has 2 aliphatic rings. The van der Waals surface area contributed by atoms with E-state index in [1.54, 1.807) is 0 Å². The van der Waals surface area contributed by atoms with Crippen molar-refractivity contribution in [2.75, 3.05) is 6.54 Å². The number of carboxylic acids is 1. The van der Waals surface area contributed by atoms with Crippen molar-refractivity contribution in [2.45, 2.75) is 32.1 Å². The smallest absolute Gasteiger partial charge is 0.234 e. The Morgan fingerprint density at radius 1 is 1.19 bits per heavy atom. The van der Waals surface area contributed by atoms with Gasteiger partial charge in [-0.2, -0.15) is 0 Å². The molecule has 0 unspecified atom stereocenters. The zero-order valence-electron chi connectivity index (χ0n) is 8.82. The highest BCUT2D eigenvalue weighted by molar-refractivity contribution is 6.23. The van der Waals surface area contributed by atoms with E-state index in [-0.39, 0.29) is 17.9 Å². The van der Waals surface area contributed by atoms with Crippen molar-refractivity contribution in [3.63, 3.8) is 0 Å². The lowest BCUT2D eigenvalue weighted by Gasteiger charge is -2.30. The van der Waals surface area contributed by atoms with Gasteiger partial charge >= 0.3 is 0 Å². The van der Waals surface area contributed by atoms with Crippen LogP contribution in [-0.2, 0) is 14.4 Å². The van der Waals surface area contributed by atoms with Gasteiger partial charge in [-0.05, 0) is 19.3 Å². The summed E-state index contributed by atoms with van der Waals surface area (Å²) in [5, 5.41) is 10.9. The summed E-state index contributed by atoms with van der Waals surface area (Å²) in [4.78, 5) is 35.5. The zero-order chi connectivity index (χ0) is 11.7. The van der Waals surface area contributed by atoms with Crippen LogP contribution in [0.2, 0.25) is 0 Å². The van der Waals surface area contributed by atoms with Crippen LogP contribution >= 0.6 is 0 Å². The number of allylic oxidation sites excluding steroid dienone is 1. The minimum Gasteiger partial charge on any atom is -0.545 e. The molecule has 0 atom stereocenters. The average Bonchev–Trinajstić information content (AvgIpc) is 2.42. The van der Waals surface area contributed by atoms with Crippen molar-refractivity contribution in [1.82, 2.24) is 4.90 Å². The van der Waals surface area contributed by atoms with E-state index in [1.165, 1.54) is 4.90 Å². The quantitative estimate of drug-likeness (QED) is 0.437. The molecule has 2 aliphatic heterocycles. The first-order valence-electron chi connectivity index (χ1n) is 5.39. The van der Waals surface area contributed by atoms with Crippen molar-refractivity contribution in [3.8, 4) is 0 Å². The van der Waals surface area contributed by atoms with Crippen LogP contribution in [0, 0.1) is 0 Å². The van der Waals surface area contributed by atoms with Gasteiger partial charge in [-0.1, -0.05) is 6.42 Å². The second-order valence-electron chi connectivity index (χ2n) is 4.07. The molecule has 5 heteroatoms. The first kappa shape index (κ1) is 10.9. The molecule has 2 rings (SSSR count). The molecule has 16 heavy (non-hydrogen) atoms. The molecule has 86 valence electrons. The van der Waals surface area contributed by atoms with Gasteiger partial charge < -0.3 is 14.8 Å². The lowest BCUT2D eigenvalue weighted by Crippen LogP contribution is -2.42. The maximum Gasteiger partial charge on any atom is 0.234 e. The van der Waals surface area contributed by atoms with Gasteiger partial charge in [0.05, 0.1) is 18.0 Å². The molecule has 0 aliphatic carbocycles. The minimum atomic E-state index is -1.46. The monoisotopic (exact) mass is 222 g/mol. The van der Waals surface area contributed by atoms with Crippen LogP contribution in [-0.4, -0.2) is 29.1 Å². The van der Waals surface area contributed by atoms with E-state index < -0.39 is 11.8 Å². The minimum absolute atomic E-state index is 0.285. The molecule has 0 saturated carbocycles. The molecule has 0 bridgehead atoms. The fraction of sp³-hybridized carbons (Fsp3) is 0.545. The van der Waals surface area contributed by atoms with Crippen LogP contribution in [0.5, 0.6) is 0 Å². The second kappa shape index (κ2) is 4.08. The first-order valence-corrected chi connectivity index (χ1v) is 5.39. The molecule has 0 aromatic rings. The van der Waals surface area contributed by atoms with E-state index in [4.69, 9.17) is 0 Å². The van der Waals surface area contributed by atoms with Gasteiger partial charge in [-0.25, -0.2) is 0 Å². The summed E-state index contributed by atoms with van der Waals surface area (Å²) in [5.41, 5.74) is 0.0697. The lowest BCUT2D eigenvalue weighted by atomic mass is 9.98. The standard InChI is InChI=1S/C11H13NO4/c13-8-6-9(14)12-5-3-1-2-4-7(12)10(8)11(15)16/h1-6H2,(H,15,16)/p-1. The van der Waals surface area contributed by atoms with Crippen LogP contribution in [0.15, 0.2) is 11.3 Å². The zero-order valence-corrected chi connectivity index (χ0v) is 8.82. The number of amides is 1. The number of nitrogens with zero attached hydrogens (tertiary/aromatic N) is 1. The molecule has 0 aromatic carbocycles. The number of carboxylic acid groups (broad SMARTS) is 1. The molecule has 1 amide bonds. The normalized spacial score (nSPS) is 21.9. The van der Waals surface area contributed by atoms with Gasteiger partial charge in [0.15, 0.2) is 5.78 Å². The van der Waals surface area contributed by atoms with Crippen LogP contribution in [0.4, 0.5) is 0 Å². The molecule has 5 nitrogen and oxygen atoms in total. The molecule has 0 spiro atoms. The van der Waals surface area contributed by atoms with Crippen LogP contribution in [0.1, 0.15) is 32.1 Å². The number of carbonyl (C=O) groups is 3. The number of rotatable bonds is 1. The predicted molar refractivity (Wildman–Crippen MR) is 51.8 cm³/mol. The summed E-state index contributed by atoms with van der Waals surface area (Å²) < 4.78 is 0. The highest BCUT2D eigenvalue weighted by atomic mass is 16.4. The summed E-state index contributed by atoms with van der Waals surface area (Å²) in [6, 6.07) is 0. The number of Topliss-reactive ketones (excluding diaryl/α,β-unsaturated/α-hetero) is 1.